The van der Waals surface area contributed by atoms with Crippen LogP contribution in [0.15, 0.2) is 0 Å². The second kappa shape index (κ2) is 4.52. The number of carbonyl (C=O) groups is 1. The van der Waals surface area contributed by atoms with E-state index in [1.807, 2.05) is 6.92 Å². The van der Waals surface area contributed by atoms with Crippen LogP contribution in [0.1, 0.15) is 52.4 Å². The second-order valence-corrected chi connectivity index (χ2v) is 7.13. The molecule has 4 bridgehead atoms. The summed E-state index contributed by atoms with van der Waals surface area (Å²) in [6, 6.07) is 0.0844. The Hall–Kier alpha value is -0.570. The van der Waals surface area contributed by atoms with E-state index in [-0.39, 0.29) is 11.9 Å². The van der Waals surface area contributed by atoms with Gasteiger partial charge in [-0.1, -0.05) is 0 Å². The van der Waals surface area contributed by atoms with E-state index in [1.165, 1.54) is 38.5 Å². The number of rotatable bonds is 4. The molecule has 4 aliphatic rings. The van der Waals surface area contributed by atoms with Crippen LogP contribution in [0, 0.1) is 17.8 Å². The number of likely N-dealkylation sites (N-methyl/N-ethyl adjacent to an activating group) is 1. The fourth-order valence-electron chi connectivity index (χ4n) is 5.32. The Morgan fingerprint density at radius 1 is 1.22 bits per heavy atom. The van der Waals surface area contributed by atoms with Gasteiger partial charge in [0.05, 0.1) is 5.54 Å². The molecule has 1 amide bonds. The molecule has 18 heavy (non-hydrogen) atoms. The fraction of sp³-hybridized carbons (Fsp3) is 0.933. The summed E-state index contributed by atoms with van der Waals surface area (Å²) in [7, 11) is 0. The van der Waals surface area contributed by atoms with Crippen LogP contribution in [0.4, 0.5) is 0 Å². The zero-order valence-corrected chi connectivity index (χ0v) is 11.7. The van der Waals surface area contributed by atoms with Crippen molar-refractivity contribution in [2.75, 3.05) is 6.54 Å². The lowest BCUT2D eigenvalue weighted by molar-refractivity contribution is -0.754. The smallest absolute Gasteiger partial charge is 0.277 e. The van der Waals surface area contributed by atoms with Gasteiger partial charge in [-0.15, -0.1) is 0 Å². The summed E-state index contributed by atoms with van der Waals surface area (Å²) in [6.45, 7) is 4.82. The van der Waals surface area contributed by atoms with E-state index in [2.05, 4.69) is 17.6 Å². The van der Waals surface area contributed by atoms with Gasteiger partial charge in [0.1, 0.15) is 0 Å². The van der Waals surface area contributed by atoms with E-state index in [1.54, 1.807) is 0 Å². The van der Waals surface area contributed by atoms with E-state index in [4.69, 9.17) is 0 Å². The van der Waals surface area contributed by atoms with Crippen molar-refractivity contribution in [1.82, 2.24) is 5.32 Å². The Morgan fingerprint density at radius 3 is 2.17 bits per heavy atom. The number of hydrogen-bond donors (Lipinski definition) is 2. The Labute approximate surface area is 110 Å². The first-order valence-corrected chi connectivity index (χ1v) is 7.74. The highest BCUT2D eigenvalue weighted by atomic mass is 16.2. The maximum atomic E-state index is 11.9. The largest absolute Gasteiger partial charge is 0.351 e. The van der Waals surface area contributed by atoms with Crippen LogP contribution >= 0.6 is 0 Å². The first-order chi connectivity index (χ1) is 8.60. The third-order valence-corrected chi connectivity index (χ3v) is 5.45. The molecular formula is C15H27N2O+. The molecule has 0 aromatic rings. The molecule has 3 N–H and O–H groups in total. The standard InChI is InChI=1S/C15H26N2O/c1-3-16-14(18)10(2)17-15-7-11-4-12(8-15)6-13(5-11)9-15/h10-13,17H,3-9H2,1-2H3,(H,16,18)/p+1/t10-,11?,12?,13?,15?/m0/s1. The van der Waals surface area contributed by atoms with Crippen LogP contribution in [0.5, 0.6) is 0 Å². The van der Waals surface area contributed by atoms with E-state index in [9.17, 15) is 4.79 Å². The molecule has 0 heterocycles. The van der Waals surface area contributed by atoms with Gasteiger partial charge in [-0.05, 0) is 50.9 Å². The summed E-state index contributed by atoms with van der Waals surface area (Å²) >= 11 is 0. The maximum Gasteiger partial charge on any atom is 0.277 e. The summed E-state index contributed by atoms with van der Waals surface area (Å²) in [6.07, 6.45) is 8.52. The van der Waals surface area contributed by atoms with Crippen molar-refractivity contribution in [3.63, 3.8) is 0 Å². The first-order valence-electron chi connectivity index (χ1n) is 7.74. The average Bonchev–Trinajstić information content (AvgIpc) is 2.26. The van der Waals surface area contributed by atoms with Crippen LogP contribution in [0.3, 0.4) is 0 Å². The Morgan fingerprint density at radius 2 is 1.72 bits per heavy atom. The minimum absolute atomic E-state index is 0.0844. The van der Waals surface area contributed by atoms with Crippen LogP contribution in [-0.4, -0.2) is 24.0 Å². The molecule has 0 unspecified atom stereocenters. The van der Waals surface area contributed by atoms with Crippen molar-refractivity contribution >= 4 is 5.91 Å². The molecular weight excluding hydrogens is 224 g/mol. The monoisotopic (exact) mass is 251 g/mol. The summed E-state index contributed by atoms with van der Waals surface area (Å²) in [5.41, 5.74) is 0.416. The van der Waals surface area contributed by atoms with Gasteiger partial charge in [0, 0.05) is 25.8 Å². The average molecular weight is 251 g/mol. The molecule has 4 saturated carbocycles. The zero-order valence-electron chi connectivity index (χ0n) is 11.7. The summed E-state index contributed by atoms with van der Waals surface area (Å²) in [5.74, 6) is 3.12. The van der Waals surface area contributed by atoms with Gasteiger partial charge >= 0.3 is 0 Å². The number of quaternary nitrogens is 1. The third-order valence-electron chi connectivity index (χ3n) is 5.45. The fourth-order valence-corrected chi connectivity index (χ4v) is 5.32. The molecule has 4 rings (SSSR count). The van der Waals surface area contributed by atoms with Crippen LogP contribution in [0.2, 0.25) is 0 Å². The molecule has 0 aromatic heterocycles. The lowest BCUT2D eigenvalue weighted by Crippen LogP contribution is -3.03. The molecule has 0 aliphatic heterocycles. The topological polar surface area (TPSA) is 45.7 Å². The molecule has 3 heteroatoms. The molecule has 0 spiro atoms. The predicted octanol–water partition coefficient (Wildman–Crippen LogP) is 1.04. The van der Waals surface area contributed by atoms with Gasteiger partial charge < -0.3 is 10.6 Å². The molecule has 3 nitrogen and oxygen atoms in total. The zero-order chi connectivity index (χ0) is 12.8. The van der Waals surface area contributed by atoms with E-state index in [0.717, 1.165) is 24.3 Å². The second-order valence-electron chi connectivity index (χ2n) is 7.13. The van der Waals surface area contributed by atoms with Crippen molar-refractivity contribution in [1.29, 1.82) is 0 Å². The number of carbonyl (C=O) groups excluding carboxylic acids is 1. The maximum absolute atomic E-state index is 11.9. The minimum Gasteiger partial charge on any atom is -0.351 e. The number of nitrogens with one attached hydrogen (secondary N) is 1. The van der Waals surface area contributed by atoms with Crippen LogP contribution in [0.25, 0.3) is 0 Å². The highest BCUT2D eigenvalue weighted by Gasteiger charge is 2.54. The molecule has 4 aliphatic carbocycles. The summed E-state index contributed by atoms with van der Waals surface area (Å²) < 4.78 is 0. The van der Waals surface area contributed by atoms with Crippen LogP contribution in [-0.2, 0) is 4.79 Å². The van der Waals surface area contributed by atoms with Gasteiger partial charge in [-0.2, -0.15) is 0 Å². The molecule has 0 saturated heterocycles. The third kappa shape index (κ3) is 2.18. The SMILES string of the molecule is CCNC(=O)[C@H](C)[NH2+]C12CC3CC(CC(C3)C1)C2. The Kier molecular flexibility index (Phi) is 3.13. The Balaban J connectivity index is 1.66. The quantitative estimate of drug-likeness (QED) is 0.770. The van der Waals surface area contributed by atoms with Gasteiger partial charge in [0.25, 0.3) is 5.91 Å². The highest BCUT2D eigenvalue weighted by Crippen LogP contribution is 2.54. The Bertz CT molecular complexity index is 304. The van der Waals surface area contributed by atoms with Gasteiger partial charge in [0.2, 0.25) is 0 Å². The van der Waals surface area contributed by atoms with Gasteiger partial charge in [-0.3, -0.25) is 4.79 Å². The predicted molar refractivity (Wildman–Crippen MR) is 71.0 cm³/mol. The molecule has 102 valence electrons. The van der Waals surface area contributed by atoms with Crippen molar-refractivity contribution in [3.05, 3.63) is 0 Å². The van der Waals surface area contributed by atoms with Gasteiger partial charge in [0.15, 0.2) is 6.04 Å². The van der Waals surface area contributed by atoms with E-state index in [0.29, 0.717) is 5.54 Å². The molecule has 1 atom stereocenters. The van der Waals surface area contributed by atoms with Gasteiger partial charge in [-0.25, -0.2) is 0 Å². The molecule has 0 aromatic carbocycles. The van der Waals surface area contributed by atoms with E-state index >= 15 is 0 Å². The van der Waals surface area contributed by atoms with Crippen LogP contribution < -0.4 is 10.6 Å². The molecule has 0 radical (unpaired) electrons. The normalized spacial score (nSPS) is 42.9. The summed E-state index contributed by atoms with van der Waals surface area (Å²) in [4.78, 5) is 11.9. The lowest BCUT2D eigenvalue weighted by Gasteiger charge is -2.55. The number of hydrogen-bond acceptors (Lipinski definition) is 1. The molecule has 4 fully saturated rings. The van der Waals surface area contributed by atoms with Crippen molar-refractivity contribution in [2.45, 2.75) is 64.0 Å². The summed E-state index contributed by atoms with van der Waals surface area (Å²) in [5, 5.41) is 5.38. The lowest BCUT2D eigenvalue weighted by atomic mass is 9.53. The minimum atomic E-state index is 0.0844. The van der Waals surface area contributed by atoms with Crippen molar-refractivity contribution in [2.24, 2.45) is 17.8 Å². The number of amides is 1. The number of nitrogens with two attached hydrogens (primary N) is 1. The van der Waals surface area contributed by atoms with Crippen molar-refractivity contribution < 1.29 is 10.1 Å². The van der Waals surface area contributed by atoms with Crippen molar-refractivity contribution in [3.8, 4) is 0 Å². The van der Waals surface area contributed by atoms with E-state index < -0.39 is 0 Å². The first kappa shape index (κ1) is 12.5. The highest BCUT2D eigenvalue weighted by molar-refractivity contribution is 5.79.